The topological polar surface area (TPSA) is 59.5 Å². The van der Waals surface area contributed by atoms with Gasteiger partial charge in [-0.05, 0) is 19.1 Å². The molecule has 0 atom stereocenters. The van der Waals surface area contributed by atoms with Crippen LogP contribution in [0.25, 0.3) is 5.69 Å². The predicted octanol–water partition coefficient (Wildman–Crippen LogP) is 2.21. The number of aliphatic imine (C=N–C) groups is 1. The maximum Gasteiger partial charge on any atom is 0.297 e. The van der Waals surface area contributed by atoms with Gasteiger partial charge in [0.25, 0.3) is 5.56 Å². The van der Waals surface area contributed by atoms with Crippen LogP contribution in [-0.2, 0) is 7.05 Å². The molecule has 1 aromatic heterocycles. The number of aromatic nitrogens is 2. The summed E-state index contributed by atoms with van der Waals surface area (Å²) in [6.07, 6.45) is 1.63. The van der Waals surface area contributed by atoms with Crippen molar-refractivity contribution in [3.05, 3.63) is 46.4 Å². The van der Waals surface area contributed by atoms with E-state index in [1.165, 1.54) is 0 Å². The third kappa shape index (κ3) is 2.97. The van der Waals surface area contributed by atoms with Crippen LogP contribution >= 0.6 is 0 Å². The lowest BCUT2D eigenvalue weighted by molar-refractivity contribution is 0.217. The Morgan fingerprint density at radius 3 is 2.48 bits per heavy atom. The Hall–Kier alpha value is -2.14. The van der Waals surface area contributed by atoms with Gasteiger partial charge in [0.2, 0.25) is 0 Å². The number of aliphatic hydroxyl groups is 1. The van der Waals surface area contributed by atoms with Crippen LogP contribution in [0.15, 0.2) is 40.1 Å². The summed E-state index contributed by atoms with van der Waals surface area (Å²) in [6.45, 7) is 5.57. The smallest absolute Gasteiger partial charge is 0.297 e. The second-order valence-electron chi connectivity index (χ2n) is 5.82. The first-order valence-electron chi connectivity index (χ1n) is 6.87. The van der Waals surface area contributed by atoms with Crippen LogP contribution in [-0.4, -0.2) is 27.3 Å². The van der Waals surface area contributed by atoms with E-state index in [2.05, 4.69) is 4.99 Å². The van der Waals surface area contributed by atoms with Crippen LogP contribution in [0.4, 0.5) is 5.69 Å². The molecule has 0 saturated heterocycles. The van der Waals surface area contributed by atoms with Gasteiger partial charge in [0.1, 0.15) is 0 Å². The van der Waals surface area contributed by atoms with Gasteiger partial charge in [-0.25, -0.2) is 4.68 Å². The molecule has 0 radical (unpaired) electrons. The third-order valence-corrected chi connectivity index (χ3v) is 3.47. The van der Waals surface area contributed by atoms with E-state index in [1.54, 1.807) is 15.6 Å². The highest BCUT2D eigenvalue weighted by Gasteiger charge is 2.17. The zero-order chi connectivity index (χ0) is 15.6. The molecule has 0 aliphatic rings. The van der Waals surface area contributed by atoms with E-state index >= 15 is 0 Å². The minimum absolute atomic E-state index is 0.0186. The minimum Gasteiger partial charge on any atom is -0.395 e. The maximum absolute atomic E-state index is 12.6. The van der Waals surface area contributed by atoms with Gasteiger partial charge in [0.15, 0.2) is 5.69 Å². The lowest BCUT2D eigenvalue weighted by Gasteiger charge is -2.13. The van der Waals surface area contributed by atoms with Crippen molar-refractivity contribution in [3.8, 4) is 5.69 Å². The molecule has 2 aromatic rings. The predicted molar refractivity (Wildman–Crippen MR) is 84.8 cm³/mol. The van der Waals surface area contributed by atoms with Gasteiger partial charge in [-0.1, -0.05) is 32.0 Å². The molecule has 0 fully saturated rings. The largest absolute Gasteiger partial charge is 0.395 e. The van der Waals surface area contributed by atoms with Crippen molar-refractivity contribution in [1.29, 1.82) is 0 Å². The van der Waals surface area contributed by atoms with Crippen molar-refractivity contribution in [1.82, 2.24) is 9.36 Å². The summed E-state index contributed by atoms with van der Waals surface area (Å²) >= 11 is 0. The second-order valence-corrected chi connectivity index (χ2v) is 5.82. The van der Waals surface area contributed by atoms with Crippen LogP contribution in [0.1, 0.15) is 19.5 Å². The van der Waals surface area contributed by atoms with Gasteiger partial charge in [-0.3, -0.25) is 14.5 Å². The van der Waals surface area contributed by atoms with Crippen molar-refractivity contribution in [2.24, 2.45) is 17.5 Å². The fourth-order valence-electron chi connectivity index (χ4n) is 1.98. The summed E-state index contributed by atoms with van der Waals surface area (Å²) in [5.74, 6) is 0. The fraction of sp³-hybridized carbons (Fsp3) is 0.375. The highest BCUT2D eigenvalue weighted by Crippen LogP contribution is 2.18. The van der Waals surface area contributed by atoms with Gasteiger partial charge >= 0.3 is 0 Å². The standard InChI is InChI=1S/C16H21N3O2/c1-12-14(17-10-16(2,3)11-20)15(21)19(18(12)4)13-8-6-5-7-9-13/h5-10,20H,11H2,1-4H3. The van der Waals surface area contributed by atoms with E-state index in [1.807, 2.05) is 58.2 Å². The summed E-state index contributed by atoms with van der Waals surface area (Å²) < 4.78 is 3.38. The second kappa shape index (κ2) is 5.69. The molecule has 1 N–H and O–H groups in total. The molecule has 0 spiro atoms. The number of nitrogens with zero attached hydrogens (tertiary/aromatic N) is 3. The molecule has 5 nitrogen and oxygen atoms in total. The Morgan fingerprint density at radius 1 is 1.29 bits per heavy atom. The van der Waals surface area contributed by atoms with Gasteiger partial charge < -0.3 is 5.11 Å². The van der Waals surface area contributed by atoms with Crippen LogP contribution in [0.3, 0.4) is 0 Å². The highest BCUT2D eigenvalue weighted by molar-refractivity contribution is 5.69. The highest BCUT2D eigenvalue weighted by atomic mass is 16.3. The molecule has 0 bridgehead atoms. The van der Waals surface area contributed by atoms with Gasteiger partial charge in [-0.2, -0.15) is 0 Å². The summed E-state index contributed by atoms with van der Waals surface area (Å²) in [4.78, 5) is 16.9. The number of para-hydroxylation sites is 1. The van der Waals surface area contributed by atoms with Gasteiger partial charge in [-0.15, -0.1) is 0 Å². The molecular weight excluding hydrogens is 266 g/mol. The van der Waals surface area contributed by atoms with E-state index in [4.69, 9.17) is 0 Å². The summed E-state index contributed by atoms with van der Waals surface area (Å²) in [5.41, 5.74) is 1.38. The number of hydrogen-bond donors (Lipinski definition) is 1. The normalized spacial score (nSPS) is 12.2. The molecule has 112 valence electrons. The zero-order valence-corrected chi connectivity index (χ0v) is 12.9. The first kappa shape index (κ1) is 15.3. The summed E-state index contributed by atoms with van der Waals surface area (Å²) in [7, 11) is 1.83. The summed E-state index contributed by atoms with van der Waals surface area (Å²) in [5, 5.41) is 9.27. The molecule has 0 aliphatic carbocycles. The molecule has 5 heteroatoms. The van der Waals surface area contributed by atoms with Crippen LogP contribution < -0.4 is 5.56 Å². The molecule has 2 rings (SSSR count). The van der Waals surface area contributed by atoms with E-state index < -0.39 is 5.41 Å². The molecule has 0 unspecified atom stereocenters. The average Bonchev–Trinajstić information content (AvgIpc) is 2.68. The minimum atomic E-state index is -0.452. The van der Waals surface area contributed by atoms with Gasteiger partial charge in [0.05, 0.1) is 18.0 Å². The van der Waals surface area contributed by atoms with Crippen molar-refractivity contribution in [3.63, 3.8) is 0 Å². The monoisotopic (exact) mass is 287 g/mol. The molecule has 1 heterocycles. The van der Waals surface area contributed by atoms with Crippen molar-refractivity contribution < 1.29 is 5.11 Å². The van der Waals surface area contributed by atoms with Crippen molar-refractivity contribution >= 4 is 11.9 Å². The Bertz CT molecular complexity index is 709. The molecule has 1 aromatic carbocycles. The van der Waals surface area contributed by atoms with Crippen molar-refractivity contribution in [2.75, 3.05) is 6.61 Å². The summed E-state index contributed by atoms with van der Waals surface area (Å²) in [6, 6.07) is 9.45. The molecule has 0 aliphatic heterocycles. The number of hydrogen-bond acceptors (Lipinski definition) is 3. The van der Waals surface area contributed by atoms with Crippen LogP contribution in [0.2, 0.25) is 0 Å². The number of rotatable bonds is 4. The third-order valence-electron chi connectivity index (χ3n) is 3.47. The molecular formula is C16H21N3O2. The fourth-order valence-corrected chi connectivity index (χ4v) is 1.98. The maximum atomic E-state index is 12.6. The van der Waals surface area contributed by atoms with E-state index in [9.17, 15) is 9.90 Å². The molecule has 0 saturated carbocycles. The lowest BCUT2D eigenvalue weighted by atomic mass is 9.97. The first-order chi connectivity index (χ1) is 9.87. The number of benzene rings is 1. The van der Waals surface area contributed by atoms with Crippen LogP contribution in [0, 0.1) is 12.3 Å². The average molecular weight is 287 g/mol. The Kier molecular flexibility index (Phi) is 4.14. The first-order valence-corrected chi connectivity index (χ1v) is 6.87. The Balaban J connectivity index is 2.54. The number of aliphatic hydroxyl groups excluding tert-OH is 1. The van der Waals surface area contributed by atoms with Gasteiger partial charge in [0, 0.05) is 18.7 Å². The zero-order valence-electron chi connectivity index (χ0n) is 12.9. The molecule has 0 amide bonds. The van der Waals surface area contributed by atoms with E-state index in [-0.39, 0.29) is 12.2 Å². The van der Waals surface area contributed by atoms with Crippen molar-refractivity contribution in [2.45, 2.75) is 20.8 Å². The van der Waals surface area contributed by atoms with E-state index in [0.29, 0.717) is 5.69 Å². The molecule has 21 heavy (non-hydrogen) atoms. The quantitative estimate of drug-likeness (QED) is 0.876. The van der Waals surface area contributed by atoms with Crippen LogP contribution in [0.5, 0.6) is 0 Å². The van der Waals surface area contributed by atoms with E-state index in [0.717, 1.165) is 11.4 Å². The SMILES string of the molecule is Cc1c(N=CC(C)(C)CO)c(=O)n(-c2ccccc2)n1C. The lowest BCUT2D eigenvalue weighted by Crippen LogP contribution is -2.20. The Morgan fingerprint density at radius 2 is 1.90 bits per heavy atom. The Labute approximate surface area is 124 Å².